The lowest BCUT2D eigenvalue weighted by atomic mass is 10.2. The zero-order valence-electron chi connectivity index (χ0n) is 8.61. The summed E-state index contributed by atoms with van der Waals surface area (Å²) in [5, 5.41) is 0. The van der Waals surface area contributed by atoms with Gasteiger partial charge in [-0.3, -0.25) is 9.36 Å². The summed E-state index contributed by atoms with van der Waals surface area (Å²) in [6.45, 7) is -0.0969. The number of nitrogens with zero attached hydrogens (tertiary/aromatic N) is 1. The van der Waals surface area contributed by atoms with Gasteiger partial charge in [-0.2, -0.15) is 0 Å². The molecule has 0 saturated carbocycles. The molecule has 0 saturated heterocycles. The topological polar surface area (TPSA) is 54.9 Å². The quantitative estimate of drug-likeness (QED) is 0.913. The number of halogens is 2. The molecule has 1 aromatic heterocycles. The molecular formula is C11H8BrFN2O2. The van der Waals surface area contributed by atoms with E-state index in [2.05, 4.69) is 20.9 Å². The molecule has 1 N–H and O–H groups in total. The standard InChI is InChI=1S/C11H8BrFN2O2/c12-8-5-14-11(17)15(10(8)16)6-7-3-1-2-4-9(7)13/h1-5H,6H2,(H,14,17). The predicted molar refractivity (Wildman–Crippen MR) is 64.5 cm³/mol. The largest absolute Gasteiger partial charge is 0.328 e. The van der Waals surface area contributed by atoms with Crippen molar-refractivity contribution in [2.24, 2.45) is 0 Å². The highest BCUT2D eigenvalue weighted by molar-refractivity contribution is 9.10. The molecule has 4 nitrogen and oxygen atoms in total. The molecule has 2 rings (SSSR count). The van der Waals surface area contributed by atoms with Crippen LogP contribution in [0.15, 0.2) is 44.5 Å². The monoisotopic (exact) mass is 298 g/mol. The number of hydrogen-bond acceptors (Lipinski definition) is 2. The maximum atomic E-state index is 13.4. The van der Waals surface area contributed by atoms with Gasteiger partial charge in [0, 0.05) is 11.8 Å². The van der Waals surface area contributed by atoms with Gasteiger partial charge >= 0.3 is 5.69 Å². The zero-order valence-corrected chi connectivity index (χ0v) is 10.2. The molecule has 0 aliphatic carbocycles. The van der Waals surface area contributed by atoms with Crippen LogP contribution in [0.5, 0.6) is 0 Å². The average Bonchev–Trinajstić information content (AvgIpc) is 2.32. The van der Waals surface area contributed by atoms with Crippen LogP contribution in [0.1, 0.15) is 5.56 Å². The van der Waals surface area contributed by atoms with Gasteiger partial charge in [-0.15, -0.1) is 0 Å². The fourth-order valence-corrected chi connectivity index (χ4v) is 1.75. The van der Waals surface area contributed by atoms with E-state index in [1.54, 1.807) is 12.1 Å². The molecule has 0 amide bonds. The van der Waals surface area contributed by atoms with Crippen LogP contribution >= 0.6 is 15.9 Å². The number of H-pyrrole nitrogens is 1. The molecule has 0 atom stereocenters. The molecule has 0 fully saturated rings. The van der Waals surface area contributed by atoms with Crippen LogP contribution in [-0.4, -0.2) is 9.55 Å². The molecule has 0 aliphatic heterocycles. The Morgan fingerprint density at radius 1 is 1.29 bits per heavy atom. The lowest BCUT2D eigenvalue weighted by Crippen LogP contribution is -2.35. The summed E-state index contributed by atoms with van der Waals surface area (Å²) in [5.41, 5.74) is -0.767. The zero-order chi connectivity index (χ0) is 12.4. The Hall–Kier alpha value is -1.69. The van der Waals surface area contributed by atoms with Crippen molar-refractivity contribution in [2.75, 3.05) is 0 Å². The first-order valence-corrected chi connectivity index (χ1v) is 5.60. The van der Waals surface area contributed by atoms with E-state index in [1.165, 1.54) is 18.3 Å². The summed E-state index contributed by atoms with van der Waals surface area (Å²) in [6, 6.07) is 6.01. The van der Waals surface area contributed by atoms with Crippen molar-refractivity contribution in [3.05, 3.63) is 67.2 Å². The first-order chi connectivity index (χ1) is 8.09. The molecule has 1 aromatic carbocycles. The molecule has 2 aromatic rings. The van der Waals surface area contributed by atoms with E-state index in [0.717, 1.165) is 4.57 Å². The van der Waals surface area contributed by atoms with Crippen LogP contribution in [0.25, 0.3) is 0 Å². The van der Waals surface area contributed by atoms with E-state index in [9.17, 15) is 14.0 Å². The van der Waals surface area contributed by atoms with Crippen molar-refractivity contribution in [2.45, 2.75) is 6.54 Å². The first-order valence-electron chi connectivity index (χ1n) is 4.81. The summed E-state index contributed by atoms with van der Waals surface area (Å²) in [5.74, 6) is -0.446. The minimum absolute atomic E-state index is 0.0969. The maximum Gasteiger partial charge on any atom is 0.328 e. The molecule has 1 heterocycles. The first kappa shape index (κ1) is 11.8. The molecule has 0 aliphatic rings. The number of benzene rings is 1. The average molecular weight is 299 g/mol. The van der Waals surface area contributed by atoms with Gasteiger partial charge in [0.2, 0.25) is 0 Å². The van der Waals surface area contributed by atoms with Crippen LogP contribution < -0.4 is 11.2 Å². The fraction of sp³-hybridized carbons (Fsp3) is 0.0909. The second-order valence-electron chi connectivity index (χ2n) is 3.42. The number of hydrogen-bond donors (Lipinski definition) is 1. The molecule has 88 valence electrons. The van der Waals surface area contributed by atoms with Crippen molar-refractivity contribution >= 4 is 15.9 Å². The van der Waals surface area contributed by atoms with Crippen molar-refractivity contribution in [1.82, 2.24) is 9.55 Å². The van der Waals surface area contributed by atoms with Gasteiger partial charge in [0.25, 0.3) is 5.56 Å². The summed E-state index contributed by atoms with van der Waals surface area (Å²) in [4.78, 5) is 25.5. The van der Waals surface area contributed by atoms with E-state index in [4.69, 9.17) is 0 Å². The minimum Gasteiger partial charge on any atom is -0.313 e. The summed E-state index contributed by atoms with van der Waals surface area (Å²) >= 11 is 3.01. The van der Waals surface area contributed by atoms with E-state index in [1.807, 2.05) is 0 Å². The predicted octanol–water partition coefficient (Wildman–Crippen LogP) is 1.49. The number of nitrogens with one attached hydrogen (secondary N) is 1. The third kappa shape index (κ3) is 2.36. The molecule has 17 heavy (non-hydrogen) atoms. The Morgan fingerprint density at radius 2 is 2.00 bits per heavy atom. The van der Waals surface area contributed by atoms with Gasteiger partial charge in [0.1, 0.15) is 5.82 Å². The second kappa shape index (κ2) is 4.67. The second-order valence-corrected chi connectivity index (χ2v) is 4.28. The highest BCUT2D eigenvalue weighted by atomic mass is 79.9. The van der Waals surface area contributed by atoms with Crippen LogP contribution in [0.2, 0.25) is 0 Å². The highest BCUT2D eigenvalue weighted by Crippen LogP contribution is 2.07. The maximum absolute atomic E-state index is 13.4. The van der Waals surface area contributed by atoms with Gasteiger partial charge in [0.05, 0.1) is 11.0 Å². The van der Waals surface area contributed by atoms with Gasteiger partial charge in [-0.05, 0) is 22.0 Å². The lowest BCUT2D eigenvalue weighted by molar-refractivity contribution is 0.588. The molecule has 6 heteroatoms. The summed E-state index contributed by atoms with van der Waals surface area (Å²) < 4.78 is 14.6. The van der Waals surface area contributed by atoms with Gasteiger partial charge < -0.3 is 4.98 Å². The fourth-order valence-electron chi connectivity index (χ4n) is 1.43. The van der Waals surface area contributed by atoms with Gasteiger partial charge in [-0.1, -0.05) is 18.2 Å². The van der Waals surface area contributed by atoms with Crippen LogP contribution in [0.4, 0.5) is 4.39 Å². The third-order valence-electron chi connectivity index (χ3n) is 2.30. The van der Waals surface area contributed by atoms with E-state index >= 15 is 0 Å². The Balaban J connectivity index is 2.51. The molecule has 0 radical (unpaired) electrons. The van der Waals surface area contributed by atoms with Crippen LogP contribution in [0.3, 0.4) is 0 Å². The van der Waals surface area contributed by atoms with Crippen LogP contribution in [-0.2, 0) is 6.54 Å². The summed E-state index contributed by atoms with van der Waals surface area (Å²) in [7, 11) is 0. The molecular weight excluding hydrogens is 291 g/mol. The molecule has 0 unspecified atom stereocenters. The highest BCUT2D eigenvalue weighted by Gasteiger charge is 2.08. The van der Waals surface area contributed by atoms with Crippen LogP contribution in [0, 0.1) is 5.82 Å². The minimum atomic E-state index is -0.568. The Labute approximate surface area is 104 Å². The van der Waals surface area contributed by atoms with Crippen molar-refractivity contribution in [3.8, 4) is 0 Å². The Bertz CT molecular complexity index is 663. The SMILES string of the molecule is O=c1[nH]cc(Br)c(=O)n1Cc1ccccc1F. The van der Waals surface area contributed by atoms with Crippen molar-refractivity contribution in [3.63, 3.8) is 0 Å². The lowest BCUT2D eigenvalue weighted by Gasteiger charge is -2.05. The smallest absolute Gasteiger partial charge is 0.313 e. The van der Waals surface area contributed by atoms with Gasteiger partial charge in [-0.25, -0.2) is 9.18 Å². The van der Waals surface area contributed by atoms with Crippen molar-refractivity contribution in [1.29, 1.82) is 0 Å². The number of aromatic amines is 1. The Kier molecular flexibility index (Phi) is 3.23. The third-order valence-corrected chi connectivity index (χ3v) is 2.87. The number of rotatable bonds is 2. The van der Waals surface area contributed by atoms with Crippen molar-refractivity contribution < 1.29 is 4.39 Å². The number of aromatic nitrogens is 2. The van der Waals surface area contributed by atoms with E-state index in [0.29, 0.717) is 5.56 Å². The molecule has 0 bridgehead atoms. The summed E-state index contributed by atoms with van der Waals surface area (Å²) in [6.07, 6.45) is 1.27. The Morgan fingerprint density at radius 3 is 2.71 bits per heavy atom. The van der Waals surface area contributed by atoms with Gasteiger partial charge in [0.15, 0.2) is 0 Å². The van der Waals surface area contributed by atoms with E-state index < -0.39 is 17.1 Å². The molecule has 0 spiro atoms. The normalized spacial score (nSPS) is 10.5. The van der Waals surface area contributed by atoms with E-state index in [-0.39, 0.29) is 11.0 Å².